The van der Waals surface area contributed by atoms with Gasteiger partial charge in [0.15, 0.2) is 0 Å². The SMILES string of the molecule is Cc1oc2ccc(-c3cc(-c4cc(C(C)(C)C)c5ccccc5c4)nc4oc(C)c(C)c34)cc2c1CC(C)C. The Labute approximate surface area is 230 Å². The predicted octanol–water partition coefficient (Wildman–Crippen LogP) is 10.5. The van der Waals surface area contributed by atoms with Crippen LogP contribution in [0.5, 0.6) is 0 Å². The normalized spacial score (nSPS) is 12.4. The van der Waals surface area contributed by atoms with Gasteiger partial charge < -0.3 is 8.83 Å². The van der Waals surface area contributed by atoms with E-state index in [9.17, 15) is 0 Å². The first-order chi connectivity index (χ1) is 18.5. The summed E-state index contributed by atoms with van der Waals surface area (Å²) in [6.45, 7) is 17.6. The second-order valence-corrected chi connectivity index (χ2v) is 12.5. The van der Waals surface area contributed by atoms with Crippen LogP contribution in [0.15, 0.2) is 69.5 Å². The van der Waals surface area contributed by atoms with E-state index in [0.29, 0.717) is 11.6 Å². The third-order valence-corrected chi connectivity index (χ3v) is 8.02. The lowest BCUT2D eigenvalue weighted by Gasteiger charge is -2.23. The van der Waals surface area contributed by atoms with Crippen LogP contribution in [0.2, 0.25) is 0 Å². The first kappa shape index (κ1) is 25.4. The molecule has 0 spiro atoms. The number of benzene rings is 3. The Bertz CT molecular complexity index is 1870. The average molecular weight is 516 g/mol. The predicted molar refractivity (Wildman–Crippen MR) is 164 cm³/mol. The van der Waals surface area contributed by atoms with Crippen LogP contribution in [0.1, 0.15) is 62.8 Å². The summed E-state index contributed by atoms with van der Waals surface area (Å²) in [7, 11) is 0. The number of hydrogen-bond acceptors (Lipinski definition) is 3. The molecule has 0 saturated heterocycles. The van der Waals surface area contributed by atoms with Crippen molar-refractivity contribution in [3.8, 4) is 22.4 Å². The Morgan fingerprint density at radius 3 is 2.31 bits per heavy atom. The molecule has 3 aromatic heterocycles. The second-order valence-electron chi connectivity index (χ2n) is 12.5. The molecule has 0 unspecified atom stereocenters. The van der Waals surface area contributed by atoms with Crippen LogP contribution in [-0.4, -0.2) is 4.98 Å². The number of pyridine rings is 1. The highest BCUT2D eigenvalue weighted by molar-refractivity contribution is 6.00. The summed E-state index contributed by atoms with van der Waals surface area (Å²) < 4.78 is 12.4. The van der Waals surface area contributed by atoms with Gasteiger partial charge in [0.05, 0.1) is 11.1 Å². The van der Waals surface area contributed by atoms with Gasteiger partial charge in [0.2, 0.25) is 5.71 Å². The molecule has 0 amide bonds. The molecule has 6 aromatic rings. The maximum absolute atomic E-state index is 6.25. The lowest BCUT2D eigenvalue weighted by molar-refractivity contribution is 0.560. The molecular weight excluding hydrogens is 478 g/mol. The highest BCUT2D eigenvalue weighted by Crippen LogP contribution is 2.40. The number of hydrogen-bond donors (Lipinski definition) is 0. The van der Waals surface area contributed by atoms with Crippen molar-refractivity contribution in [2.24, 2.45) is 5.92 Å². The molecule has 0 N–H and O–H groups in total. The standard InChI is InChI=1S/C36H37NO2/c1-20(2)15-28-23(5)38-33-14-13-25(17-30(28)33)29-19-32(37-35-34(29)21(3)22(4)39-35)26-16-24-11-9-10-12-27(24)31(18-26)36(6,7)8/h9-14,16-20H,15H2,1-8H3. The minimum Gasteiger partial charge on any atom is -0.461 e. The number of aryl methyl sites for hydroxylation is 3. The Morgan fingerprint density at radius 2 is 1.56 bits per heavy atom. The van der Waals surface area contributed by atoms with E-state index in [1.54, 1.807) is 0 Å². The fraction of sp³-hybridized carbons (Fsp3) is 0.306. The molecule has 3 aromatic carbocycles. The van der Waals surface area contributed by atoms with Gasteiger partial charge in [0, 0.05) is 22.1 Å². The molecule has 39 heavy (non-hydrogen) atoms. The van der Waals surface area contributed by atoms with Crippen LogP contribution in [0, 0.1) is 26.7 Å². The number of rotatable bonds is 4. The number of fused-ring (bicyclic) bond motifs is 3. The zero-order valence-electron chi connectivity index (χ0n) is 24.3. The summed E-state index contributed by atoms with van der Waals surface area (Å²) in [5.41, 5.74) is 9.72. The third kappa shape index (κ3) is 4.34. The fourth-order valence-corrected chi connectivity index (χ4v) is 5.91. The first-order valence-corrected chi connectivity index (χ1v) is 14.0. The summed E-state index contributed by atoms with van der Waals surface area (Å²) >= 11 is 0. The molecule has 198 valence electrons. The van der Waals surface area contributed by atoms with Crippen LogP contribution in [0.3, 0.4) is 0 Å². The molecule has 3 heterocycles. The van der Waals surface area contributed by atoms with E-state index in [1.807, 2.05) is 6.92 Å². The Hall–Kier alpha value is -3.85. The highest BCUT2D eigenvalue weighted by Gasteiger charge is 2.22. The van der Waals surface area contributed by atoms with Gasteiger partial charge in [-0.25, -0.2) is 4.98 Å². The summed E-state index contributed by atoms with van der Waals surface area (Å²) in [6.07, 6.45) is 0.996. The number of nitrogens with zero attached hydrogens (tertiary/aromatic N) is 1. The van der Waals surface area contributed by atoms with E-state index >= 15 is 0 Å². The molecule has 0 aliphatic rings. The topological polar surface area (TPSA) is 39.2 Å². The molecule has 0 radical (unpaired) electrons. The molecule has 0 saturated carbocycles. The summed E-state index contributed by atoms with van der Waals surface area (Å²) in [5, 5.41) is 4.80. The van der Waals surface area contributed by atoms with Gasteiger partial charge in [0.25, 0.3) is 0 Å². The minimum atomic E-state index is -0.00258. The summed E-state index contributed by atoms with van der Waals surface area (Å²) in [6, 6.07) is 22.0. The van der Waals surface area contributed by atoms with Crippen molar-refractivity contribution < 1.29 is 8.83 Å². The zero-order chi connectivity index (χ0) is 27.6. The van der Waals surface area contributed by atoms with Gasteiger partial charge >= 0.3 is 0 Å². The molecule has 0 aliphatic carbocycles. The van der Waals surface area contributed by atoms with Crippen LogP contribution in [0.25, 0.3) is 55.2 Å². The molecule has 3 nitrogen and oxygen atoms in total. The maximum atomic E-state index is 6.25. The van der Waals surface area contributed by atoms with Crippen molar-refractivity contribution in [1.29, 1.82) is 0 Å². The van der Waals surface area contributed by atoms with Crippen LogP contribution in [-0.2, 0) is 11.8 Å². The van der Waals surface area contributed by atoms with Crippen molar-refractivity contribution in [2.75, 3.05) is 0 Å². The molecule has 6 rings (SSSR count). The monoisotopic (exact) mass is 515 g/mol. The van der Waals surface area contributed by atoms with Crippen LogP contribution >= 0.6 is 0 Å². The third-order valence-electron chi connectivity index (χ3n) is 8.02. The zero-order valence-corrected chi connectivity index (χ0v) is 24.3. The van der Waals surface area contributed by atoms with Gasteiger partial charge in [-0.2, -0.15) is 0 Å². The van der Waals surface area contributed by atoms with Crippen molar-refractivity contribution in [1.82, 2.24) is 4.98 Å². The Kier molecular flexibility index (Phi) is 5.95. The molecule has 0 aliphatic heterocycles. The molecular formula is C36H37NO2. The van der Waals surface area contributed by atoms with Gasteiger partial charge in [0.1, 0.15) is 17.1 Å². The average Bonchev–Trinajstić information content (AvgIpc) is 3.35. The van der Waals surface area contributed by atoms with Crippen LogP contribution < -0.4 is 0 Å². The van der Waals surface area contributed by atoms with Gasteiger partial charge in [-0.15, -0.1) is 0 Å². The van der Waals surface area contributed by atoms with Gasteiger partial charge in [-0.05, 0) is 96.3 Å². The summed E-state index contributed by atoms with van der Waals surface area (Å²) in [5.74, 6) is 2.47. The fourth-order valence-electron chi connectivity index (χ4n) is 5.91. The number of aromatic nitrogens is 1. The quantitative estimate of drug-likeness (QED) is 0.234. The molecule has 0 fully saturated rings. The van der Waals surface area contributed by atoms with Gasteiger partial charge in [-0.1, -0.05) is 65.0 Å². The maximum Gasteiger partial charge on any atom is 0.227 e. The Balaban J connectivity index is 1.63. The minimum absolute atomic E-state index is 0.00258. The molecule has 0 bridgehead atoms. The van der Waals surface area contributed by atoms with E-state index in [0.717, 1.165) is 56.9 Å². The van der Waals surface area contributed by atoms with E-state index in [-0.39, 0.29) is 5.41 Å². The second kappa shape index (κ2) is 9.12. The Morgan fingerprint density at radius 1 is 0.795 bits per heavy atom. The van der Waals surface area contributed by atoms with Crippen molar-refractivity contribution in [2.45, 2.75) is 67.2 Å². The van der Waals surface area contributed by atoms with Crippen LogP contribution in [0.4, 0.5) is 0 Å². The van der Waals surface area contributed by atoms with Gasteiger partial charge in [-0.3, -0.25) is 0 Å². The lowest BCUT2D eigenvalue weighted by Crippen LogP contribution is -2.12. The largest absolute Gasteiger partial charge is 0.461 e. The summed E-state index contributed by atoms with van der Waals surface area (Å²) in [4.78, 5) is 5.08. The highest BCUT2D eigenvalue weighted by atomic mass is 16.3. The van der Waals surface area contributed by atoms with Crippen molar-refractivity contribution in [3.63, 3.8) is 0 Å². The first-order valence-electron chi connectivity index (χ1n) is 14.0. The van der Waals surface area contributed by atoms with E-state index in [1.165, 1.54) is 27.3 Å². The van der Waals surface area contributed by atoms with E-state index in [4.69, 9.17) is 13.8 Å². The van der Waals surface area contributed by atoms with Crippen molar-refractivity contribution >= 4 is 32.8 Å². The molecule has 3 heteroatoms. The lowest BCUT2D eigenvalue weighted by atomic mass is 9.82. The van der Waals surface area contributed by atoms with Crippen molar-refractivity contribution in [3.05, 3.63) is 88.9 Å². The van der Waals surface area contributed by atoms with E-state index < -0.39 is 0 Å². The number of furan rings is 2. The van der Waals surface area contributed by atoms with E-state index in [2.05, 4.69) is 109 Å². The smallest absolute Gasteiger partial charge is 0.227 e. The molecule has 0 atom stereocenters.